The molecule has 1 aromatic heterocycles. The minimum Gasteiger partial charge on any atom is -0.355 e. The van der Waals surface area contributed by atoms with Crippen LogP contribution in [0.1, 0.15) is 39.1 Å². The molecule has 84 valence electrons. The third kappa shape index (κ3) is 2.81. The molecule has 0 fully saturated rings. The summed E-state index contributed by atoms with van der Waals surface area (Å²) in [4.78, 5) is 15.9. The normalized spacial score (nSPS) is 12.5. The molecule has 0 aliphatic heterocycles. The molecule has 1 rings (SSSR count). The van der Waals surface area contributed by atoms with Crippen molar-refractivity contribution in [2.45, 2.75) is 39.7 Å². The molecule has 1 heterocycles. The van der Waals surface area contributed by atoms with Crippen LogP contribution in [0, 0.1) is 0 Å². The number of aryl methyl sites for hydroxylation is 1. The van der Waals surface area contributed by atoms with Crippen LogP contribution in [0.25, 0.3) is 0 Å². The van der Waals surface area contributed by atoms with Crippen LogP contribution in [0.4, 0.5) is 0 Å². The summed E-state index contributed by atoms with van der Waals surface area (Å²) in [6, 6.07) is -0.172. The number of hydrogen-bond donors (Lipinski definition) is 1. The molecule has 0 saturated carbocycles. The monoisotopic (exact) mass is 209 g/mol. The summed E-state index contributed by atoms with van der Waals surface area (Å²) in [6.45, 7) is 6.59. The van der Waals surface area contributed by atoms with Crippen molar-refractivity contribution in [2.75, 3.05) is 6.54 Å². The van der Waals surface area contributed by atoms with E-state index in [1.54, 1.807) is 6.20 Å². The minimum atomic E-state index is -0.172. The lowest BCUT2D eigenvalue weighted by Gasteiger charge is -2.15. The maximum absolute atomic E-state index is 11.6. The molecule has 1 aromatic rings. The van der Waals surface area contributed by atoms with Crippen molar-refractivity contribution >= 4 is 5.91 Å². The number of aromatic nitrogens is 2. The lowest BCUT2D eigenvalue weighted by atomic mass is 10.2. The SMILES string of the molecule is CCCc1nccn1C(C)C(=O)NCC. The topological polar surface area (TPSA) is 46.9 Å². The molecular weight excluding hydrogens is 190 g/mol. The van der Waals surface area contributed by atoms with E-state index in [9.17, 15) is 4.79 Å². The molecule has 0 aliphatic rings. The first-order valence-electron chi connectivity index (χ1n) is 5.50. The van der Waals surface area contributed by atoms with Gasteiger partial charge in [-0.2, -0.15) is 0 Å². The third-order valence-electron chi connectivity index (χ3n) is 2.37. The summed E-state index contributed by atoms with van der Waals surface area (Å²) < 4.78 is 1.94. The number of carbonyl (C=O) groups is 1. The van der Waals surface area contributed by atoms with Gasteiger partial charge in [0.1, 0.15) is 11.9 Å². The van der Waals surface area contributed by atoms with Gasteiger partial charge in [0.2, 0.25) is 5.91 Å². The summed E-state index contributed by atoms with van der Waals surface area (Å²) in [5, 5.41) is 2.82. The number of carbonyl (C=O) groups excluding carboxylic acids is 1. The van der Waals surface area contributed by atoms with Gasteiger partial charge < -0.3 is 9.88 Å². The summed E-state index contributed by atoms with van der Waals surface area (Å²) in [6.07, 6.45) is 5.57. The molecule has 0 saturated heterocycles. The van der Waals surface area contributed by atoms with Crippen molar-refractivity contribution in [3.63, 3.8) is 0 Å². The number of nitrogens with one attached hydrogen (secondary N) is 1. The molecule has 0 aromatic carbocycles. The van der Waals surface area contributed by atoms with E-state index >= 15 is 0 Å². The summed E-state index contributed by atoms with van der Waals surface area (Å²) >= 11 is 0. The van der Waals surface area contributed by atoms with Crippen molar-refractivity contribution < 1.29 is 4.79 Å². The Kier molecular flexibility index (Phi) is 4.34. The molecule has 4 heteroatoms. The van der Waals surface area contributed by atoms with Crippen LogP contribution in [0.2, 0.25) is 0 Å². The van der Waals surface area contributed by atoms with Gasteiger partial charge in [0.05, 0.1) is 0 Å². The standard InChI is InChI=1S/C11H19N3O/c1-4-6-10-13-7-8-14(10)9(3)11(15)12-5-2/h7-9H,4-6H2,1-3H3,(H,12,15). The van der Waals surface area contributed by atoms with Crippen LogP contribution in [-0.2, 0) is 11.2 Å². The second-order valence-corrected chi connectivity index (χ2v) is 3.57. The number of imidazole rings is 1. The molecule has 1 unspecified atom stereocenters. The number of rotatable bonds is 5. The zero-order valence-corrected chi connectivity index (χ0v) is 9.66. The van der Waals surface area contributed by atoms with Crippen LogP contribution in [0.15, 0.2) is 12.4 Å². The quantitative estimate of drug-likeness (QED) is 0.799. The van der Waals surface area contributed by atoms with Crippen molar-refractivity contribution in [1.29, 1.82) is 0 Å². The van der Waals surface area contributed by atoms with Gasteiger partial charge in [0.25, 0.3) is 0 Å². The van der Waals surface area contributed by atoms with E-state index in [2.05, 4.69) is 17.2 Å². The molecule has 0 spiro atoms. The summed E-state index contributed by atoms with van der Waals surface area (Å²) in [5.74, 6) is 1.03. The molecule has 0 aliphatic carbocycles. The molecule has 0 radical (unpaired) electrons. The molecule has 1 atom stereocenters. The largest absolute Gasteiger partial charge is 0.355 e. The van der Waals surface area contributed by atoms with Crippen LogP contribution >= 0.6 is 0 Å². The smallest absolute Gasteiger partial charge is 0.242 e. The second kappa shape index (κ2) is 5.53. The average molecular weight is 209 g/mol. The Bertz CT molecular complexity index is 319. The van der Waals surface area contributed by atoms with Gasteiger partial charge in [-0.15, -0.1) is 0 Å². The second-order valence-electron chi connectivity index (χ2n) is 3.57. The average Bonchev–Trinajstić information content (AvgIpc) is 2.66. The Morgan fingerprint density at radius 1 is 1.60 bits per heavy atom. The molecule has 0 bridgehead atoms. The van der Waals surface area contributed by atoms with Crippen LogP contribution in [-0.4, -0.2) is 22.0 Å². The molecule has 1 N–H and O–H groups in total. The van der Waals surface area contributed by atoms with E-state index in [4.69, 9.17) is 0 Å². The van der Waals surface area contributed by atoms with Crippen LogP contribution < -0.4 is 5.32 Å². The predicted octanol–water partition coefficient (Wildman–Crippen LogP) is 1.53. The van der Waals surface area contributed by atoms with Gasteiger partial charge in [-0.25, -0.2) is 4.98 Å². The molecule has 15 heavy (non-hydrogen) atoms. The zero-order chi connectivity index (χ0) is 11.3. The van der Waals surface area contributed by atoms with Crippen LogP contribution in [0.5, 0.6) is 0 Å². The highest BCUT2D eigenvalue weighted by molar-refractivity contribution is 5.79. The zero-order valence-electron chi connectivity index (χ0n) is 9.66. The van der Waals surface area contributed by atoms with Crippen molar-refractivity contribution in [2.24, 2.45) is 0 Å². The Labute approximate surface area is 90.7 Å². The van der Waals surface area contributed by atoms with Crippen molar-refractivity contribution in [3.05, 3.63) is 18.2 Å². The van der Waals surface area contributed by atoms with Gasteiger partial charge >= 0.3 is 0 Å². The Balaban J connectivity index is 2.76. The molecule has 1 amide bonds. The first-order chi connectivity index (χ1) is 7.20. The van der Waals surface area contributed by atoms with Gasteiger partial charge in [-0.05, 0) is 20.3 Å². The van der Waals surface area contributed by atoms with Gasteiger partial charge in [-0.1, -0.05) is 6.92 Å². The van der Waals surface area contributed by atoms with Gasteiger partial charge in [0.15, 0.2) is 0 Å². The van der Waals surface area contributed by atoms with Crippen LogP contribution in [0.3, 0.4) is 0 Å². The molecule has 4 nitrogen and oxygen atoms in total. The highest BCUT2D eigenvalue weighted by Gasteiger charge is 2.16. The lowest BCUT2D eigenvalue weighted by molar-refractivity contribution is -0.123. The number of amides is 1. The van der Waals surface area contributed by atoms with Crippen molar-refractivity contribution in [1.82, 2.24) is 14.9 Å². The summed E-state index contributed by atoms with van der Waals surface area (Å²) in [7, 11) is 0. The fourth-order valence-electron chi connectivity index (χ4n) is 1.56. The van der Waals surface area contributed by atoms with E-state index in [1.165, 1.54) is 0 Å². The highest BCUT2D eigenvalue weighted by atomic mass is 16.2. The molecular formula is C11H19N3O. The van der Waals surface area contributed by atoms with Gasteiger partial charge in [0, 0.05) is 25.4 Å². The Morgan fingerprint density at radius 2 is 2.33 bits per heavy atom. The minimum absolute atomic E-state index is 0.0489. The maximum Gasteiger partial charge on any atom is 0.242 e. The number of hydrogen-bond acceptors (Lipinski definition) is 2. The highest BCUT2D eigenvalue weighted by Crippen LogP contribution is 2.10. The first kappa shape index (κ1) is 11.8. The van der Waals surface area contributed by atoms with E-state index in [-0.39, 0.29) is 11.9 Å². The predicted molar refractivity (Wildman–Crippen MR) is 59.6 cm³/mol. The van der Waals surface area contributed by atoms with E-state index in [1.807, 2.05) is 24.6 Å². The Morgan fingerprint density at radius 3 is 2.93 bits per heavy atom. The fraction of sp³-hybridized carbons (Fsp3) is 0.636. The third-order valence-corrected chi connectivity index (χ3v) is 2.37. The van der Waals surface area contributed by atoms with E-state index in [0.717, 1.165) is 18.7 Å². The first-order valence-corrected chi connectivity index (χ1v) is 5.50. The fourth-order valence-corrected chi connectivity index (χ4v) is 1.56. The van der Waals surface area contributed by atoms with E-state index in [0.29, 0.717) is 6.54 Å². The Hall–Kier alpha value is -1.32. The maximum atomic E-state index is 11.6. The number of likely N-dealkylation sites (N-methyl/N-ethyl adjacent to an activating group) is 1. The lowest BCUT2D eigenvalue weighted by Crippen LogP contribution is -2.31. The summed E-state index contributed by atoms with van der Waals surface area (Å²) in [5.41, 5.74) is 0. The van der Waals surface area contributed by atoms with Crippen molar-refractivity contribution in [3.8, 4) is 0 Å². The number of nitrogens with zero attached hydrogens (tertiary/aromatic N) is 2. The van der Waals surface area contributed by atoms with Gasteiger partial charge in [-0.3, -0.25) is 4.79 Å². The van der Waals surface area contributed by atoms with E-state index < -0.39 is 0 Å².